The van der Waals surface area contributed by atoms with Crippen molar-refractivity contribution in [1.29, 1.82) is 0 Å². The first-order valence-electron chi connectivity index (χ1n) is 5.76. The van der Waals surface area contributed by atoms with Gasteiger partial charge in [-0.2, -0.15) is 0 Å². The molecule has 3 heteroatoms. The Balaban J connectivity index is 0.00000128. The normalized spacial score (nSPS) is 18.9. The smallest absolute Gasteiger partial charge is 0.0762 e. The first-order chi connectivity index (χ1) is 7.27. The summed E-state index contributed by atoms with van der Waals surface area (Å²) in [6, 6.07) is 8.39. The summed E-state index contributed by atoms with van der Waals surface area (Å²) < 4.78 is 0. The van der Waals surface area contributed by atoms with E-state index in [1.807, 2.05) is 13.0 Å². The number of hydrogen-bond acceptors (Lipinski definition) is 2. The Hall–Kier alpha value is -0.570. The zero-order valence-electron chi connectivity index (χ0n) is 9.65. The largest absolute Gasteiger partial charge is 0.389 e. The average molecular weight is 242 g/mol. The van der Waals surface area contributed by atoms with Crippen molar-refractivity contribution in [3.05, 3.63) is 35.4 Å². The summed E-state index contributed by atoms with van der Waals surface area (Å²) in [6.45, 7) is 4.05. The molecule has 0 bridgehead atoms. The van der Waals surface area contributed by atoms with E-state index in [0.717, 1.165) is 18.7 Å². The lowest BCUT2D eigenvalue weighted by Gasteiger charge is -2.23. The second kappa shape index (κ2) is 6.24. The van der Waals surface area contributed by atoms with Crippen LogP contribution in [0.2, 0.25) is 0 Å². The van der Waals surface area contributed by atoms with Crippen LogP contribution in [-0.4, -0.2) is 18.2 Å². The highest BCUT2D eigenvalue weighted by atomic mass is 35.5. The molecule has 1 heterocycles. The highest BCUT2D eigenvalue weighted by Crippen LogP contribution is 2.27. The van der Waals surface area contributed by atoms with Crippen LogP contribution >= 0.6 is 12.4 Å². The lowest BCUT2D eigenvalue weighted by Crippen LogP contribution is -2.26. The number of halogens is 1. The summed E-state index contributed by atoms with van der Waals surface area (Å²) in [7, 11) is 0. The van der Waals surface area contributed by atoms with E-state index in [0.29, 0.717) is 5.92 Å². The fourth-order valence-corrected chi connectivity index (χ4v) is 2.23. The molecule has 2 nitrogen and oxygen atoms in total. The molecule has 0 radical (unpaired) electrons. The van der Waals surface area contributed by atoms with Crippen LogP contribution in [0.15, 0.2) is 24.3 Å². The molecule has 1 aliphatic heterocycles. The van der Waals surface area contributed by atoms with Crippen LogP contribution in [-0.2, 0) is 0 Å². The SMILES string of the molecule is C[C@H](O)c1cccc(C2CCNCC2)c1.Cl. The highest BCUT2D eigenvalue weighted by molar-refractivity contribution is 5.85. The van der Waals surface area contributed by atoms with Crippen LogP contribution in [0.5, 0.6) is 0 Å². The Kier molecular flexibility index (Phi) is 5.26. The zero-order valence-corrected chi connectivity index (χ0v) is 10.5. The fourth-order valence-electron chi connectivity index (χ4n) is 2.23. The molecule has 16 heavy (non-hydrogen) atoms. The van der Waals surface area contributed by atoms with E-state index in [9.17, 15) is 5.11 Å². The van der Waals surface area contributed by atoms with Gasteiger partial charge < -0.3 is 10.4 Å². The summed E-state index contributed by atoms with van der Waals surface area (Å²) in [5, 5.41) is 12.9. The molecule has 1 aromatic carbocycles. The Labute approximate surface area is 103 Å². The zero-order chi connectivity index (χ0) is 10.7. The molecule has 0 spiro atoms. The Morgan fingerprint density at radius 3 is 2.62 bits per heavy atom. The number of hydrogen-bond donors (Lipinski definition) is 2. The molecule has 1 saturated heterocycles. The molecular weight excluding hydrogens is 222 g/mol. The lowest BCUT2D eigenvalue weighted by atomic mass is 9.89. The standard InChI is InChI=1S/C13H19NO.ClH/c1-10(15)12-3-2-4-13(9-12)11-5-7-14-8-6-11;/h2-4,9-11,14-15H,5-8H2,1H3;1H/t10-;/m0./s1. The van der Waals surface area contributed by atoms with Gasteiger partial charge in [0.2, 0.25) is 0 Å². The number of rotatable bonds is 2. The quantitative estimate of drug-likeness (QED) is 0.835. The summed E-state index contributed by atoms with van der Waals surface area (Å²) in [5.41, 5.74) is 2.42. The van der Waals surface area contributed by atoms with Crippen molar-refractivity contribution >= 4 is 12.4 Å². The van der Waals surface area contributed by atoms with Gasteiger partial charge in [0.05, 0.1) is 6.10 Å². The first-order valence-corrected chi connectivity index (χ1v) is 5.76. The molecule has 1 aliphatic rings. The van der Waals surface area contributed by atoms with E-state index in [-0.39, 0.29) is 18.5 Å². The van der Waals surface area contributed by atoms with Gasteiger partial charge in [-0.25, -0.2) is 0 Å². The third-order valence-electron chi connectivity index (χ3n) is 3.20. The molecular formula is C13H20ClNO. The lowest BCUT2D eigenvalue weighted by molar-refractivity contribution is 0.199. The van der Waals surface area contributed by atoms with Gasteiger partial charge in [0.1, 0.15) is 0 Å². The molecule has 0 amide bonds. The molecule has 1 aromatic rings. The van der Waals surface area contributed by atoms with Crippen molar-refractivity contribution in [2.45, 2.75) is 31.8 Å². The maximum absolute atomic E-state index is 9.53. The number of piperidine rings is 1. The first kappa shape index (κ1) is 13.5. The molecule has 0 aromatic heterocycles. The highest BCUT2D eigenvalue weighted by Gasteiger charge is 2.15. The van der Waals surface area contributed by atoms with Crippen molar-refractivity contribution < 1.29 is 5.11 Å². The maximum Gasteiger partial charge on any atom is 0.0762 e. The van der Waals surface area contributed by atoms with E-state index in [4.69, 9.17) is 0 Å². The van der Waals surface area contributed by atoms with E-state index >= 15 is 0 Å². The third kappa shape index (κ3) is 3.21. The molecule has 90 valence electrons. The molecule has 0 saturated carbocycles. The maximum atomic E-state index is 9.53. The predicted octanol–water partition coefficient (Wildman–Crippen LogP) is 2.63. The van der Waals surface area contributed by atoms with E-state index < -0.39 is 0 Å². The van der Waals surface area contributed by atoms with Gasteiger partial charge >= 0.3 is 0 Å². The van der Waals surface area contributed by atoms with Crippen LogP contribution in [0, 0.1) is 0 Å². The molecule has 1 fully saturated rings. The van der Waals surface area contributed by atoms with Crippen molar-refractivity contribution in [3.63, 3.8) is 0 Å². The minimum absolute atomic E-state index is 0. The molecule has 1 atom stereocenters. The van der Waals surface area contributed by atoms with Gasteiger partial charge in [0.25, 0.3) is 0 Å². The van der Waals surface area contributed by atoms with Crippen LogP contribution in [0.3, 0.4) is 0 Å². The van der Waals surface area contributed by atoms with Crippen LogP contribution in [0.1, 0.15) is 42.9 Å². The summed E-state index contributed by atoms with van der Waals surface area (Å²) in [5.74, 6) is 0.671. The summed E-state index contributed by atoms with van der Waals surface area (Å²) in [4.78, 5) is 0. The predicted molar refractivity (Wildman–Crippen MR) is 69.2 cm³/mol. The number of benzene rings is 1. The fraction of sp³-hybridized carbons (Fsp3) is 0.538. The topological polar surface area (TPSA) is 32.3 Å². The second-order valence-corrected chi connectivity index (χ2v) is 4.37. The number of aliphatic hydroxyl groups excluding tert-OH is 1. The monoisotopic (exact) mass is 241 g/mol. The number of nitrogens with one attached hydrogen (secondary N) is 1. The Morgan fingerprint density at radius 1 is 1.31 bits per heavy atom. The van der Waals surface area contributed by atoms with Crippen LogP contribution in [0.25, 0.3) is 0 Å². The van der Waals surface area contributed by atoms with Gasteiger partial charge in [-0.15, -0.1) is 12.4 Å². The molecule has 2 rings (SSSR count). The Bertz CT molecular complexity index is 321. The van der Waals surface area contributed by atoms with Crippen molar-refractivity contribution in [3.8, 4) is 0 Å². The molecule has 2 N–H and O–H groups in total. The van der Waals surface area contributed by atoms with Crippen LogP contribution < -0.4 is 5.32 Å². The van der Waals surface area contributed by atoms with E-state index in [1.54, 1.807) is 0 Å². The van der Waals surface area contributed by atoms with Crippen molar-refractivity contribution in [2.75, 3.05) is 13.1 Å². The van der Waals surface area contributed by atoms with E-state index in [1.165, 1.54) is 18.4 Å². The average Bonchev–Trinajstić information content (AvgIpc) is 2.30. The van der Waals surface area contributed by atoms with Gasteiger partial charge in [0.15, 0.2) is 0 Å². The minimum atomic E-state index is -0.355. The van der Waals surface area contributed by atoms with Gasteiger partial charge in [0, 0.05) is 0 Å². The second-order valence-electron chi connectivity index (χ2n) is 4.37. The summed E-state index contributed by atoms with van der Waals surface area (Å²) >= 11 is 0. The van der Waals surface area contributed by atoms with Crippen LogP contribution in [0.4, 0.5) is 0 Å². The number of aliphatic hydroxyl groups is 1. The third-order valence-corrected chi connectivity index (χ3v) is 3.20. The van der Waals surface area contributed by atoms with Crippen molar-refractivity contribution in [2.24, 2.45) is 0 Å². The van der Waals surface area contributed by atoms with Crippen molar-refractivity contribution in [1.82, 2.24) is 5.32 Å². The van der Waals surface area contributed by atoms with Gasteiger partial charge in [-0.3, -0.25) is 0 Å². The molecule has 0 aliphatic carbocycles. The molecule has 0 unspecified atom stereocenters. The summed E-state index contributed by atoms with van der Waals surface area (Å²) in [6.07, 6.45) is 2.07. The van der Waals surface area contributed by atoms with E-state index in [2.05, 4.69) is 23.5 Å². The minimum Gasteiger partial charge on any atom is -0.389 e. The Morgan fingerprint density at radius 2 is 2.00 bits per heavy atom. The van der Waals surface area contributed by atoms with Gasteiger partial charge in [-0.1, -0.05) is 24.3 Å². The van der Waals surface area contributed by atoms with Gasteiger partial charge in [-0.05, 0) is 49.9 Å².